The van der Waals surface area contributed by atoms with Gasteiger partial charge in [-0.25, -0.2) is 8.78 Å². The van der Waals surface area contributed by atoms with Crippen molar-refractivity contribution in [3.8, 4) is 11.6 Å². The molecule has 0 saturated carbocycles. The zero-order chi connectivity index (χ0) is 10.8. The molecule has 0 atom stereocenters. The first-order valence-electron chi connectivity index (χ1n) is 4.32. The summed E-state index contributed by atoms with van der Waals surface area (Å²) in [6.45, 7) is 0. The minimum atomic E-state index is -0.925. The van der Waals surface area contributed by atoms with Gasteiger partial charge in [-0.15, -0.1) is 0 Å². The van der Waals surface area contributed by atoms with E-state index in [9.17, 15) is 8.78 Å². The average Bonchev–Trinajstić information content (AvgIpc) is 2.59. The molecule has 0 bridgehead atoms. The van der Waals surface area contributed by atoms with Gasteiger partial charge in [-0.3, -0.25) is 0 Å². The van der Waals surface area contributed by atoms with Gasteiger partial charge in [0.1, 0.15) is 5.75 Å². The summed E-state index contributed by atoms with van der Waals surface area (Å²) >= 11 is 0. The Bertz CT molecular complexity index is 479. The standard InChI is InChI=1S/C11H8F2NO/c1-14-6-2-3-11(14)15-8-4-5-9(12)10(13)7-8/h3-7H,1H3. The Morgan fingerprint density at radius 2 is 2.07 bits per heavy atom. The van der Waals surface area contributed by atoms with Gasteiger partial charge in [0.05, 0.1) is 0 Å². The molecule has 0 fully saturated rings. The molecule has 2 aromatic rings. The molecule has 0 aliphatic carbocycles. The molecule has 0 aliphatic heterocycles. The number of halogens is 2. The molecular formula is C11H8F2NO. The Hall–Kier alpha value is -1.84. The summed E-state index contributed by atoms with van der Waals surface area (Å²) in [5.74, 6) is -1.04. The van der Waals surface area contributed by atoms with Crippen molar-refractivity contribution in [2.45, 2.75) is 0 Å². The van der Waals surface area contributed by atoms with Crippen molar-refractivity contribution in [1.29, 1.82) is 0 Å². The first kappa shape index (κ1) is 9.71. The lowest BCUT2D eigenvalue weighted by atomic mass is 10.3. The molecule has 0 N–H and O–H groups in total. The lowest BCUT2D eigenvalue weighted by Gasteiger charge is -2.06. The maximum Gasteiger partial charge on any atom is 0.200 e. The van der Waals surface area contributed by atoms with E-state index in [1.807, 2.05) is 0 Å². The van der Waals surface area contributed by atoms with Gasteiger partial charge in [0, 0.05) is 31.4 Å². The van der Waals surface area contributed by atoms with Crippen molar-refractivity contribution in [3.63, 3.8) is 0 Å². The fraction of sp³-hybridized carbons (Fsp3) is 0.0909. The molecule has 1 aromatic carbocycles. The average molecular weight is 208 g/mol. The van der Waals surface area contributed by atoms with Gasteiger partial charge in [-0.05, 0) is 12.1 Å². The number of aromatic nitrogens is 1. The second kappa shape index (κ2) is 3.73. The Balaban J connectivity index is 2.25. The summed E-state index contributed by atoms with van der Waals surface area (Å²) < 4.78 is 32.4. The number of nitrogens with zero attached hydrogens (tertiary/aromatic N) is 1. The van der Waals surface area contributed by atoms with Crippen molar-refractivity contribution in [2.75, 3.05) is 0 Å². The highest BCUT2D eigenvalue weighted by atomic mass is 19.2. The zero-order valence-corrected chi connectivity index (χ0v) is 8.00. The zero-order valence-electron chi connectivity index (χ0n) is 8.00. The van der Waals surface area contributed by atoms with Crippen LogP contribution in [0.5, 0.6) is 11.6 Å². The van der Waals surface area contributed by atoms with Crippen LogP contribution in [0.4, 0.5) is 8.78 Å². The second-order valence-corrected chi connectivity index (χ2v) is 3.07. The molecule has 0 spiro atoms. The maximum absolute atomic E-state index is 12.8. The van der Waals surface area contributed by atoms with Gasteiger partial charge in [0.25, 0.3) is 0 Å². The fourth-order valence-electron chi connectivity index (χ4n) is 1.15. The third kappa shape index (κ3) is 1.98. The topological polar surface area (TPSA) is 14.2 Å². The molecule has 0 unspecified atom stereocenters. The molecule has 2 nitrogen and oxygen atoms in total. The highest BCUT2D eigenvalue weighted by Gasteiger charge is 2.05. The van der Waals surface area contributed by atoms with E-state index in [0.717, 1.165) is 12.1 Å². The van der Waals surface area contributed by atoms with Gasteiger partial charge in [0.2, 0.25) is 0 Å². The van der Waals surface area contributed by atoms with Crippen molar-refractivity contribution in [3.05, 3.63) is 48.2 Å². The summed E-state index contributed by atoms with van der Waals surface area (Å²) in [6.07, 6.45) is 1.68. The maximum atomic E-state index is 12.8. The second-order valence-electron chi connectivity index (χ2n) is 3.07. The number of rotatable bonds is 2. The van der Waals surface area contributed by atoms with Crippen molar-refractivity contribution in [1.82, 2.24) is 4.57 Å². The van der Waals surface area contributed by atoms with Crippen LogP contribution in [0.3, 0.4) is 0 Å². The largest absolute Gasteiger partial charge is 0.441 e. The van der Waals surface area contributed by atoms with Gasteiger partial charge >= 0.3 is 0 Å². The quantitative estimate of drug-likeness (QED) is 0.740. The molecule has 1 heterocycles. The number of hydrogen-bond donors (Lipinski definition) is 0. The number of hydrogen-bond acceptors (Lipinski definition) is 1. The van der Waals surface area contributed by atoms with E-state index in [1.165, 1.54) is 6.07 Å². The van der Waals surface area contributed by atoms with Gasteiger partial charge in [0.15, 0.2) is 17.5 Å². The third-order valence-electron chi connectivity index (χ3n) is 1.94. The van der Waals surface area contributed by atoms with Crippen LogP contribution in [0.15, 0.2) is 30.5 Å². The first-order valence-corrected chi connectivity index (χ1v) is 4.32. The van der Waals surface area contributed by atoms with E-state index in [-0.39, 0.29) is 5.75 Å². The van der Waals surface area contributed by atoms with Crippen LogP contribution < -0.4 is 4.74 Å². The fourth-order valence-corrected chi connectivity index (χ4v) is 1.15. The summed E-state index contributed by atoms with van der Waals surface area (Å²) in [7, 11) is 1.77. The van der Waals surface area contributed by atoms with Crippen LogP contribution in [0.1, 0.15) is 0 Å². The minimum Gasteiger partial charge on any atom is -0.441 e. The van der Waals surface area contributed by atoms with Gasteiger partial charge in [-0.1, -0.05) is 0 Å². The van der Waals surface area contributed by atoms with Gasteiger partial charge in [-0.2, -0.15) is 0 Å². The van der Waals surface area contributed by atoms with Crippen molar-refractivity contribution in [2.24, 2.45) is 7.05 Å². The Morgan fingerprint density at radius 1 is 1.27 bits per heavy atom. The van der Waals surface area contributed by atoms with E-state index in [2.05, 4.69) is 6.07 Å². The highest BCUT2D eigenvalue weighted by Crippen LogP contribution is 2.22. The van der Waals surface area contributed by atoms with Crippen LogP contribution >= 0.6 is 0 Å². The molecule has 0 saturated heterocycles. The van der Waals surface area contributed by atoms with Crippen LogP contribution in [0.25, 0.3) is 0 Å². The predicted octanol–water partition coefficient (Wildman–Crippen LogP) is 2.90. The number of ether oxygens (including phenoxy) is 1. The highest BCUT2D eigenvalue weighted by molar-refractivity contribution is 5.28. The third-order valence-corrected chi connectivity index (χ3v) is 1.94. The Morgan fingerprint density at radius 3 is 2.67 bits per heavy atom. The van der Waals surface area contributed by atoms with Crippen molar-refractivity contribution >= 4 is 0 Å². The van der Waals surface area contributed by atoms with Crippen LogP contribution in [-0.4, -0.2) is 4.57 Å². The van der Waals surface area contributed by atoms with E-state index in [1.54, 1.807) is 23.9 Å². The van der Waals surface area contributed by atoms with Crippen LogP contribution in [-0.2, 0) is 7.05 Å². The molecule has 0 aliphatic rings. The smallest absolute Gasteiger partial charge is 0.200 e. The lowest BCUT2D eigenvalue weighted by Crippen LogP contribution is -1.93. The van der Waals surface area contributed by atoms with E-state index < -0.39 is 11.6 Å². The molecule has 15 heavy (non-hydrogen) atoms. The van der Waals surface area contributed by atoms with E-state index >= 15 is 0 Å². The SMILES string of the molecule is Cn1c[c]cc1Oc1ccc(F)c(F)c1. The molecule has 0 amide bonds. The normalized spacial score (nSPS) is 10.3. The first-order chi connectivity index (χ1) is 7.16. The van der Waals surface area contributed by atoms with Gasteiger partial charge < -0.3 is 9.30 Å². The monoisotopic (exact) mass is 208 g/mol. The molecule has 77 valence electrons. The van der Waals surface area contributed by atoms with Crippen LogP contribution in [0, 0.1) is 17.7 Å². The minimum absolute atomic E-state index is 0.254. The summed E-state index contributed by atoms with van der Waals surface area (Å²) in [5.41, 5.74) is 0. The van der Waals surface area contributed by atoms with E-state index in [0.29, 0.717) is 5.88 Å². The van der Waals surface area contributed by atoms with Crippen LogP contribution in [0.2, 0.25) is 0 Å². The molecule has 1 aromatic heterocycles. The number of benzene rings is 1. The van der Waals surface area contributed by atoms with E-state index in [4.69, 9.17) is 4.74 Å². The lowest BCUT2D eigenvalue weighted by molar-refractivity contribution is 0.432. The molecule has 2 rings (SSSR count). The Labute approximate surface area is 85.7 Å². The Kier molecular flexibility index (Phi) is 2.41. The molecule has 4 heteroatoms. The van der Waals surface area contributed by atoms with Crippen molar-refractivity contribution < 1.29 is 13.5 Å². The summed E-state index contributed by atoms with van der Waals surface area (Å²) in [6, 6.07) is 7.82. The molecule has 1 radical (unpaired) electrons. The summed E-state index contributed by atoms with van der Waals surface area (Å²) in [4.78, 5) is 0. The molecular weight excluding hydrogens is 200 g/mol. The summed E-state index contributed by atoms with van der Waals surface area (Å²) in [5, 5.41) is 0. The number of aryl methyl sites for hydroxylation is 1. The predicted molar refractivity (Wildman–Crippen MR) is 50.7 cm³/mol.